The van der Waals surface area contributed by atoms with Crippen molar-refractivity contribution in [3.63, 3.8) is 0 Å². The second-order valence-electron chi connectivity index (χ2n) is 5.87. The normalized spacial score (nSPS) is 23.9. The molecule has 1 aliphatic carbocycles. The zero-order valence-corrected chi connectivity index (χ0v) is 17.0. The lowest BCUT2D eigenvalue weighted by molar-refractivity contribution is 0.101. The molecule has 0 saturated heterocycles. The first kappa shape index (κ1) is 22.2. The number of allylic oxidation sites excluding steroid dienone is 1. The SMILES string of the molecule is Nc1ncnc2c1ncn2[C@@H]1C=C[C@@H](OCP(=O)(O)OP(=O)(O)OP(=O)(O)O)C1. The molecule has 0 saturated carbocycles. The van der Waals surface area contributed by atoms with E-state index in [2.05, 4.69) is 23.6 Å². The van der Waals surface area contributed by atoms with Crippen LogP contribution in [-0.4, -0.2) is 51.5 Å². The first-order valence-corrected chi connectivity index (χ1v) is 12.5. The summed E-state index contributed by atoms with van der Waals surface area (Å²) in [6, 6.07) is -0.264. The summed E-state index contributed by atoms with van der Waals surface area (Å²) in [5.74, 6) is 0.216. The molecule has 0 aromatic carbocycles. The van der Waals surface area contributed by atoms with E-state index in [4.69, 9.17) is 25.2 Å². The van der Waals surface area contributed by atoms with Gasteiger partial charge in [-0.1, -0.05) is 12.2 Å². The van der Waals surface area contributed by atoms with Gasteiger partial charge in [-0.25, -0.2) is 28.4 Å². The van der Waals surface area contributed by atoms with Crippen molar-refractivity contribution in [2.24, 2.45) is 0 Å². The molecule has 3 rings (SSSR count). The average Bonchev–Trinajstić information content (AvgIpc) is 3.16. The van der Waals surface area contributed by atoms with E-state index in [-0.39, 0.29) is 11.9 Å². The van der Waals surface area contributed by atoms with Crippen molar-refractivity contribution in [3.05, 3.63) is 24.8 Å². The van der Waals surface area contributed by atoms with Crippen LogP contribution < -0.4 is 5.73 Å². The van der Waals surface area contributed by atoms with Gasteiger partial charge in [-0.15, -0.1) is 0 Å². The predicted molar refractivity (Wildman–Crippen MR) is 96.1 cm³/mol. The molecule has 2 aromatic rings. The Balaban J connectivity index is 1.59. The molecule has 0 fully saturated rings. The highest BCUT2D eigenvalue weighted by atomic mass is 31.3. The lowest BCUT2D eigenvalue weighted by Gasteiger charge is -2.19. The molecule has 2 aromatic heterocycles. The fourth-order valence-electron chi connectivity index (χ4n) is 2.61. The standard InChI is InChI=1S/C11H16N5O10P3/c12-10-9-11(14-4-13-10)16(5-15-9)7-1-2-8(3-7)24-6-27(17,18)25-29(22,23)26-28(19,20)21/h1-2,4-5,7-8H,3,6H2,(H,17,18)(H,22,23)(H2,12,13,14)(H2,19,20,21)/t7-,8-/m1/s1. The van der Waals surface area contributed by atoms with Gasteiger partial charge in [0.15, 0.2) is 11.5 Å². The number of imidazole rings is 1. The molecule has 0 amide bonds. The number of nitrogens with zero attached hydrogens (tertiary/aromatic N) is 4. The van der Waals surface area contributed by atoms with E-state index in [0.717, 1.165) is 0 Å². The molecule has 0 radical (unpaired) electrons. The average molecular weight is 471 g/mol. The molecule has 1 aliphatic rings. The molecule has 15 nitrogen and oxygen atoms in total. The van der Waals surface area contributed by atoms with Crippen LogP contribution in [-0.2, 0) is 27.1 Å². The van der Waals surface area contributed by atoms with Crippen molar-refractivity contribution in [2.45, 2.75) is 18.6 Å². The molecule has 0 spiro atoms. The number of rotatable bonds is 8. The third-order valence-electron chi connectivity index (χ3n) is 3.66. The van der Waals surface area contributed by atoms with Crippen LogP contribution in [0.2, 0.25) is 0 Å². The molecule has 0 aliphatic heterocycles. The summed E-state index contributed by atoms with van der Waals surface area (Å²) in [6.07, 6.45) is 4.74. The quantitative estimate of drug-likeness (QED) is 0.263. The van der Waals surface area contributed by atoms with E-state index in [1.54, 1.807) is 16.7 Å². The largest absolute Gasteiger partial charge is 0.488 e. The van der Waals surface area contributed by atoms with E-state index in [1.165, 1.54) is 12.7 Å². The molecule has 2 heterocycles. The maximum absolute atomic E-state index is 11.9. The van der Waals surface area contributed by atoms with Gasteiger partial charge in [0.25, 0.3) is 0 Å². The number of phosphoric acid groups is 2. The van der Waals surface area contributed by atoms with E-state index in [9.17, 15) is 18.6 Å². The monoisotopic (exact) mass is 471 g/mol. The third kappa shape index (κ3) is 5.77. The highest BCUT2D eigenvalue weighted by Gasteiger charge is 2.40. The van der Waals surface area contributed by atoms with Crippen molar-refractivity contribution in [1.82, 2.24) is 19.5 Å². The van der Waals surface area contributed by atoms with Crippen molar-refractivity contribution < 1.29 is 46.6 Å². The Bertz CT molecular complexity index is 1080. The third-order valence-corrected chi connectivity index (χ3v) is 7.66. The van der Waals surface area contributed by atoms with Crippen LogP contribution in [0.1, 0.15) is 12.5 Å². The van der Waals surface area contributed by atoms with Crippen molar-refractivity contribution >= 4 is 40.2 Å². The van der Waals surface area contributed by atoms with E-state index >= 15 is 0 Å². The van der Waals surface area contributed by atoms with Crippen LogP contribution in [0, 0.1) is 0 Å². The Morgan fingerprint density at radius 1 is 1.10 bits per heavy atom. The fraction of sp³-hybridized carbons (Fsp3) is 0.364. The summed E-state index contributed by atoms with van der Waals surface area (Å²) in [5, 5.41) is 0. The van der Waals surface area contributed by atoms with Crippen LogP contribution in [0.5, 0.6) is 0 Å². The Hall–Kier alpha value is -1.50. The number of ether oxygens (including phenoxy) is 1. The minimum absolute atomic E-state index is 0.216. The van der Waals surface area contributed by atoms with Gasteiger partial charge in [0, 0.05) is 6.42 Å². The second kappa shape index (κ2) is 7.97. The Kier molecular flexibility index (Phi) is 6.10. The van der Waals surface area contributed by atoms with Crippen LogP contribution in [0.25, 0.3) is 11.2 Å². The van der Waals surface area contributed by atoms with Gasteiger partial charge >= 0.3 is 23.2 Å². The zero-order valence-electron chi connectivity index (χ0n) is 14.3. The number of nitrogen functional groups attached to an aromatic ring is 1. The number of hydrogen-bond donors (Lipinski definition) is 5. The number of fused-ring (bicyclic) bond motifs is 1. The van der Waals surface area contributed by atoms with Gasteiger partial charge in [-0.2, -0.15) is 4.31 Å². The van der Waals surface area contributed by atoms with E-state index in [0.29, 0.717) is 17.6 Å². The number of nitrogens with two attached hydrogens (primary N) is 1. The van der Waals surface area contributed by atoms with Gasteiger partial charge in [0.1, 0.15) is 18.2 Å². The predicted octanol–water partition coefficient (Wildman–Crippen LogP) is 0.664. The van der Waals surface area contributed by atoms with E-state index in [1.807, 2.05) is 0 Å². The van der Waals surface area contributed by atoms with Gasteiger partial charge in [-0.3, -0.25) is 4.57 Å². The highest BCUT2D eigenvalue weighted by Crippen LogP contribution is 2.66. The van der Waals surface area contributed by atoms with Crippen molar-refractivity contribution in [2.75, 3.05) is 12.1 Å². The first-order chi connectivity index (χ1) is 13.4. The lowest BCUT2D eigenvalue weighted by atomic mass is 10.2. The summed E-state index contributed by atoms with van der Waals surface area (Å²) in [5.41, 5.74) is 6.64. The minimum Gasteiger partial charge on any atom is -0.382 e. The van der Waals surface area contributed by atoms with Crippen LogP contribution in [0.4, 0.5) is 5.82 Å². The second-order valence-corrected chi connectivity index (χ2v) is 10.6. The van der Waals surface area contributed by atoms with Gasteiger partial charge in [0.2, 0.25) is 0 Å². The summed E-state index contributed by atoms with van der Waals surface area (Å²) < 4.78 is 48.2. The molecule has 29 heavy (non-hydrogen) atoms. The highest BCUT2D eigenvalue weighted by molar-refractivity contribution is 7.68. The smallest absolute Gasteiger partial charge is 0.382 e. The van der Waals surface area contributed by atoms with Crippen LogP contribution >= 0.6 is 23.2 Å². The van der Waals surface area contributed by atoms with Crippen LogP contribution in [0.15, 0.2) is 24.8 Å². The first-order valence-electron chi connectivity index (χ1n) is 7.71. The maximum atomic E-state index is 11.9. The van der Waals surface area contributed by atoms with Gasteiger partial charge in [-0.05, 0) is 0 Å². The number of hydrogen-bond acceptors (Lipinski definition) is 10. The molecular formula is C11H16N5O10P3. The fourth-order valence-corrected chi connectivity index (χ4v) is 5.94. The van der Waals surface area contributed by atoms with Crippen molar-refractivity contribution in [1.29, 1.82) is 0 Å². The lowest BCUT2D eigenvalue weighted by Crippen LogP contribution is -2.13. The molecule has 2 unspecified atom stereocenters. The molecule has 6 N–H and O–H groups in total. The Labute approximate surface area is 162 Å². The Morgan fingerprint density at radius 3 is 2.52 bits per heavy atom. The molecular weight excluding hydrogens is 455 g/mol. The number of aromatic nitrogens is 4. The summed E-state index contributed by atoms with van der Waals surface area (Å²) in [6.45, 7) is 0. The minimum atomic E-state index is -5.49. The van der Waals surface area contributed by atoms with Crippen LogP contribution in [0.3, 0.4) is 0 Å². The van der Waals surface area contributed by atoms with Gasteiger partial charge in [0.05, 0.1) is 18.5 Å². The molecule has 160 valence electrons. The maximum Gasteiger partial charge on any atom is 0.488 e. The molecule has 4 atom stereocenters. The summed E-state index contributed by atoms with van der Waals surface area (Å²) in [4.78, 5) is 47.9. The summed E-state index contributed by atoms with van der Waals surface area (Å²) in [7, 11) is -15.8. The van der Waals surface area contributed by atoms with E-state index < -0.39 is 35.7 Å². The molecule has 18 heteroatoms. The topological polar surface area (TPSA) is 229 Å². The summed E-state index contributed by atoms with van der Waals surface area (Å²) >= 11 is 0. The zero-order chi connectivity index (χ0) is 21.4. The van der Waals surface area contributed by atoms with Gasteiger partial charge < -0.3 is 34.6 Å². The van der Waals surface area contributed by atoms with Crippen molar-refractivity contribution in [3.8, 4) is 0 Å². The number of anilines is 1. The molecule has 0 bridgehead atoms. The Morgan fingerprint density at radius 2 is 1.83 bits per heavy atom.